The molecule has 3 nitrogen and oxygen atoms in total. The van der Waals surface area contributed by atoms with Crippen LogP contribution in [0.2, 0.25) is 0 Å². The minimum atomic E-state index is -2.33. The van der Waals surface area contributed by atoms with Crippen LogP contribution in [-0.4, -0.2) is 6.09 Å². The summed E-state index contributed by atoms with van der Waals surface area (Å²) in [5.74, 6) is -12.8. The molecule has 0 atom stereocenters. The summed E-state index contributed by atoms with van der Waals surface area (Å²) in [6.45, 7) is 1.79. The number of carbonyl (C=O) groups is 1. The van der Waals surface area contributed by atoms with Gasteiger partial charge in [-0.25, -0.2) is 18.0 Å². The third-order valence-electron chi connectivity index (χ3n) is 2.66. The quantitative estimate of drug-likeness (QED) is 0.509. The highest BCUT2D eigenvalue weighted by Crippen LogP contribution is 2.29. The molecule has 0 unspecified atom stereocenters. The molecule has 0 spiro atoms. The van der Waals surface area contributed by atoms with Gasteiger partial charge >= 0.3 is 6.09 Å². The first-order valence-corrected chi connectivity index (χ1v) is 5.88. The van der Waals surface area contributed by atoms with E-state index in [0.717, 1.165) is 5.56 Å². The van der Waals surface area contributed by atoms with Crippen LogP contribution in [-0.2, 0) is 0 Å². The van der Waals surface area contributed by atoms with E-state index < -0.39 is 40.9 Å². The van der Waals surface area contributed by atoms with Gasteiger partial charge in [-0.15, -0.1) is 0 Å². The highest BCUT2D eigenvalue weighted by molar-refractivity contribution is 5.86. The van der Waals surface area contributed by atoms with Crippen LogP contribution < -0.4 is 10.1 Å². The number of nitrogens with one attached hydrogen (secondary N) is 1. The molecule has 22 heavy (non-hydrogen) atoms. The van der Waals surface area contributed by atoms with Crippen molar-refractivity contribution in [2.24, 2.45) is 0 Å². The van der Waals surface area contributed by atoms with Gasteiger partial charge in [0, 0.05) is 5.69 Å². The minimum absolute atomic E-state index is 0.222. The summed E-state index contributed by atoms with van der Waals surface area (Å²) in [5.41, 5.74) is 1.11. The van der Waals surface area contributed by atoms with Crippen molar-refractivity contribution in [1.82, 2.24) is 0 Å². The first-order valence-electron chi connectivity index (χ1n) is 5.88. The molecule has 0 fully saturated rings. The number of ether oxygens (including phenoxy) is 1. The normalized spacial score (nSPS) is 10.5. The number of hydrogen-bond donors (Lipinski definition) is 1. The molecule has 0 aromatic heterocycles. The first-order chi connectivity index (χ1) is 10.3. The van der Waals surface area contributed by atoms with Crippen molar-refractivity contribution in [3.8, 4) is 5.75 Å². The highest BCUT2D eigenvalue weighted by atomic mass is 19.2. The zero-order chi connectivity index (χ0) is 16.4. The second kappa shape index (κ2) is 6.00. The molecule has 0 saturated carbocycles. The molecule has 0 saturated heterocycles. The van der Waals surface area contributed by atoms with E-state index in [1.807, 2.05) is 0 Å². The Morgan fingerprint density at radius 1 is 0.864 bits per heavy atom. The molecule has 0 radical (unpaired) electrons. The van der Waals surface area contributed by atoms with Crippen molar-refractivity contribution in [3.63, 3.8) is 0 Å². The predicted molar refractivity (Wildman–Crippen MR) is 67.1 cm³/mol. The van der Waals surface area contributed by atoms with Crippen LogP contribution in [0.4, 0.5) is 32.4 Å². The Balaban J connectivity index is 2.24. The Kier molecular flexibility index (Phi) is 4.30. The van der Waals surface area contributed by atoms with Crippen LogP contribution in [0.25, 0.3) is 0 Å². The fraction of sp³-hybridized carbons (Fsp3) is 0.0714. The number of amides is 1. The van der Waals surface area contributed by atoms with Crippen molar-refractivity contribution in [2.75, 3.05) is 5.32 Å². The van der Waals surface area contributed by atoms with Crippen LogP contribution in [0.3, 0.4) is 0 Å². The van der Waals surface area contributed by atoms with Gasteiger partial charge in [-0.1, -0.05) is 17.7 Å². The lowest BCUT2D eigenvalue weighted by atomic mass is 10.2. The third kappa shape index (κ3) is 3.00. The second-order valence-corrected chi connectivity index (χ2v) is 4.28. The van der Waals surface area contributed by atoms with E-state index in [4.69, 9.17) is 0 Å². The fourth-order valence-corrected chi connectivity index (χ4v) is 1.55. The van der Waals surface area contributed by atoms with Gasteiger partial charge in [-0.3, -0.25) is 5.32 Å². The van der Waals surface area contributed by atoms with Crippen molar-refractivity contribution < 1.29 is 31.5 Å². The van der Waals surface area contributed by atoms with E-state index in [-0.39, 0.29) is 5.69 Å². The number of hydrogen-bond acceptors (Lipinski definition) is 2. The van der Waals surface area contributed by atoms with Gasteiger partial charge in [0.2, 0.25) is 34.8 Å². The summed E-state index contributed by atoms with van der Waals surface area (Å²) in [5, 5.41) is 2.09. The predicted octanol–water partition coefficient (Wildman–Crippen LogP) is 4.30. The fourth-order valence-electron chi connectivity index (χ4n) is 1.55. The first kappa shape index (κ1) is 15.7. The second-order valence-electron chi connectivity index (χ2n) is 4.28. The summed E-state index contributed by atoms with van der Waals surface area (Å²) < 4.78 is 69.6. The Hall–Kier alpha value is -2.64. The van der Waals surface area contributed by atoms with Crippen LogP contribution in [0.15, 0.2) is 24.3 Å². The molecule has 0 bridgehead atoms. The monoisotopic (exact) mass is 317 g/mol. The average Bonchev–Trinajstić information content (AvgIpc) is 2.50. The lowest BCUT2D eigenvalue weighted by Crippen LogP contribution is -2.19. The molecule has 8 heteroatoms. The van der Waals surface area contributed by atoms with Gasteiger partial charge < -0.3 is 4.74 Å². The number of anilines is 1. The molecule has 116 valence electrons. The lowest BCUT2D eigenvalue weighted by molar-refractivity contribution is 0.208. The molecule has 1 amide bonds. The largest absolute Gasteiger partial charge is 0.417 e. The molecular weight excluding hydrogens is 309 g/mol. The molecule has 0 aliphatic rings. The van der Waals surface area contributed by atoms with Gasteiger partial charge in [0.25, 0.3) is 0 Å². The Morgan fingerprint density at radius 2 is 1.32 bits per heavy atom. The van der Waals surface area contributed by atoms with Gasteiger partial charge in [-0.05, 0) is 19.1 Å². The standard InChI is InChI=1S/C14H8F5NO2/c1-6-2-4-7(5-3-6)20-14(21)22-13-11(18)9(16)8(15)10(17)12(13)19/h2-5H,1H3,(H,20,21). The SMILES string of the molecule is Cc1ccc(NC(=O)Oc2c(F)c(F)c(F)c(F)c2F)cc1. The van der Waals surface area contributed by atoms with Crippen LogP contribution in [0.1, 0.15) is 5.56 Å². The van der Waals surface area contributed by atoms with E-state index in [1.165, 1.54) is 12.1 Å². The van der Waals surface area contributed by atoms with Crippen molar-refractivity contribution in [1.29, 1.82) is 0 Å². The molecule has 2 aromatic rings. The summed E-state index contributed by atoms with van der Waals surface area (Å²) in [6.07, 6.45) is -1.40. The number of rotatable bonds is 2. The molecular formula is C14H8F5NO2. The number of carbonyl (C=O) groups excluding carboxylic acids is 1. The van der Waals surface area contributed by atoms with Crippen molar-refractivity contribution in [2.45, 2.75) is 6.92 Å². The molecule has 0 aliphatic heterocycles. The van der Waals surface area contributed by atoms with Crippen molar-refractivity contribution in [3.05, 3.63) is 58.9 Å². The number of aryl methyl sites for hydroxylation is 1. The smallest absolute Gasteiger partial charge is 0.404 e. The highest BCUT2D eigenvalue weighted by Gasteiger charge is 2.28. The van der Waals surface area contributed by atoms with E-state index >= 15 is 0 Å². The zero-order valence-electron chi connectivity index (χ0n) is 11.0. The topological polar surface area (TPSA) is 38.3 Å². The van der Waals surface area contributed by atoms with E-state index in [0.29, 0.717) is 0 Å². The van der Waals surface area contributed by atoms with Gasteiger partial charge in [-0.2, -0.15) is 8.78 Å². The zero-order valence-corrected chi connectivity index (χ0v) is 11.0. The van der Waals surface area contributed by atoms with Crippen LogP contribution >= 0.6 is 0 Å². The maximum atomic E-state index is 13.3. The molecule has 0 aliphatic carbocycles. The van der Waals surface area contributed by atoms with Crippen molar-refractivity contribution >= 4 is 11.8 Å². The van der Waals surface area contributed by atoms with E-state index in [2.05, 4.69) is 10.1 Å². The summed E-state index contributed by atoms with van der Waals surface area (Å²) in [6, 6.07) is 6.20. The Morgan fingerprint density at radius 3 is 1.82 bits per heavy atom. The van der Waals surface area contributed by atoms with E-state index in [1.54, 1.807) is 19.1 Å². The Bertz CT molecular complexity index is 702. The Labute approximate surface area is 121 Å². The van der Waals surface area contributed by atoms with Gasteiger partial charge in [0.1, 0.15) is 0 Å². The van der Waals surface area contributed by atoms with Gasteiger partial charge in [0.05, 0.1) is 0 Å². The van der Waals surface area contributed by atoms with Gasteiger partial charge in [0.15, 0.2) is 0 Å². The summed E-state index contributed by atoms with van der Waals surface area (Å²) in [4.78, 5) is 11.5. The van der Waals surface area contributed by atoms with Crippen LogP contribution in [0, 0.1) is 36.0 Å². The molecule has 0 heterocycles. The minimum Gasteiger partial charge on any atom is -0.404 e. The van der Waals surface area contributed by atoms with E-state index in [9.17, 15) is 26.7 Å². The molecule has 2 rings (SSSR count). The summed E-state index contributed by atoms with van der Waals surface area (Å²) in [7, 11) is 0. The average molecular weight is 317 g/mol. The maximum absolute atomic E-state index is 13.3. The molecule has 2 aromatic carbocycles. The molecule has 1 N–H and O–H groups in total. The number of benzene rings is 2. The lowest BCUT2D eigenvalue weighted by Gasteiger charge is -2.10. The number of halogens is 5. The maximum Gasteiger partial charge on any atom is 0.417 e. The van der Waals surface area contributed by atoms with Crippen LogP contribution in [0.5, 0.6) is 5.75 Å². The third-order valence-corrected chi connectivity index (χ3v) is 2.66. The summed E-state index contributed by atoms with van der Waals surface area (Å²) >= 11 is 0.